The van der Waals surface area contributed by atoms with Gasteiger partial charge in [0.25, 0.3) is 0 Å². The van der Waals surface area contributed by atoms with Crippen LogP contribution in [0.2, 0.25) is 0 Å². The summed E-state index contributed by atoms with van der Waals surface area (Å²) in [5.74, 6) is 0.813. The average molecular weight is 291 g/mol. The molecular weight excluding hydrogens is 266 g/mol. The Morgan fingerprint density at radius 2 is 1.76 bits per heavy atom. The molecule has 1 N–H and O–H groups in total. The van der Waals surface area contributed by atoms with Gasteiger partial charge in [-0.1, -0.05) is 49.6 Å². The van der Waals surface area contributed by atoms with Crippen LogP contribution >= 0.6 is 0 Å². The SMILES string of the molecule is CC(=O)C1CCCCC1.CNC(=O)OCc1ccccc1. The van der Waals surface area contributed by atoms with Crippen LogP contribution in [0.4, 0.5) is 4.79 Å². The number of rotatable bonds is 3. The van der Waals surface area contributed by atoms with Crippen molar-refractivity contribution < 1.29 is 14.3 Å². The third-order valence-corrected chi connectivity index (χ3v) is 3.60. The number of benzene rings is 1. The Bertz CT molecular complexity index is 425. The summed E-state index contributed by atoms with van der Waals surface area (Å²) >= 11 is 0. The number of carbonyl (C=O) groups is 2. The van der Waals surface area contributed by atoms with Gasteiger partial charge in [0.1, 0.15) is 12.4 Å². The quantitative estimate of drug-likeness (QED) is 0.924. The molecule has 0 radical (unpaired) electrons. The Morgan fingerprint density at radius 1 is 1.14 bits per heavy atom. The minimum Gasteiger partial charge on any atom is -0.445 e. The molecule has 4 nitrogen and oxygen atoms in total. The molecule has 1 aliphatic carbocycles. The second-order valence-corrected chi connectivity index (χ2v) is 5.26. The van der Waals surface area contributed by atoms with Crippen LogP contribution in [0.15, 0.2) is 30.3 Å². The summed E-state index contributed by atoms with van der Waals surface area (Å²) in [5, 5.41) is 2.37. The second kappa shape index (κ2) is 9.97. The van der Waals surface area contributed by atoms with Crippen molar-refractivity contribution in [2.75, 3.05) is 7.05 Å². The van der Waals surface area contributed by atoms with E-state index in [0.29, 0.717) is 18.3 Å². The van der Waals surface area contributed by atoms with Crippen molar-refractivity contribution in [2.24, 2.45) is 5.92 Å². The zero-order valence-corrected chi connectivity index (χ0v) is 12.9. The largest absolute Gasteiger partial charge is 0.445 e. The Labute approximate surface area is 126 Å². The van der Waals surface area contributed by atoms with Gasteiger partial charge < -0.3 is 10.1 Å². The highest BCUT2D eigenvalue weighted by Crippen LogP contribution is 2.23. The van der Waals surface area contributed by atoms with E-state index in [-0.39, 0.29) is 0 Å². The van der Waals surface area contributed by atoms with Crippen molar-refractivity contribution in [1.82, 2.24) is 5.32 Å². The highest BCUT2D eigenvalue weighted by Gasteiger charge is 2.16. The van der Waals surface area contributed by atoms with E-state index in [0.717, 1.165) is 18.4 Å². The summed E-state index contributed by atoms with van der Waals surface area (Å²) in [6.07, 6.45) is 5.77. The van der Waals surface area contributed by atoms with Crippen LogP contribution in [-0.2, 0) is 16.1 Å². The molecule has 1 saturated carbocycles. The van der Waals surface area contributed by atoms with Crippen molar-refractivity contribution in [1.29, 1.82) is 0 Å². The predicted octanol–water partition coefficient (Wildman–Crippen LogP) is 3.70. The molecular formula is C17H25NO3. The van der Waals surface area contributed by atoms with E-state index in [1.807, 2.05) is 30.3 Å². The lowest BCUT2D eigenvalue weighted by Crippen LogP contribution is -2.18. The molecule has 4 heteroatoms. The molecule has 1 aliphatic rings. The van der Waals surface area contributed by atoms with Gasteiger partial charge >= 0.3 is 6.09 Å². The van der Waals surface area contributed by atoms with E-state index in [9.17, 15) is 9.59 Å². The number of amides is 1. The standard InChI is InChI=1S/C9H11NO2.C8H14O/c1-10-9(11)12-7-8-5-3-2-4-6-8;1-7(9)8-5-3-2-4-6-8/h2-6H,7H2,1H3,(H,10,11);8H,2-6H2,1H3. The predicted molar refractivity (Wildman–Crippen MR) is 82.9 cm³/mol. The van der Waals surface area contributed by atoms with Gasteiger partial charge in [0, 0.05) is 13.0 Å². The van der Waals surface area contributed by atoms with Gasteiger partial charge in [-0.15, -0.1) is 0 Å². The average Bonchev–Trinajstić information content (AvgIpc) is 2.55. The van der Waals surface area contributed by atoms with Crippen LogP contribution in [0.25, 0.3) is 0 Å². The van der Waals surface area contributed by atoms with Crippen LogP contribution in [0, 0.1) is 5.92 Å². The third-order valence-electron chi connectivity index (χ3n) is 3.60. The molecule has 1 aromatic carbocycles. The van der Waals surface area contributed by atoms with E-state index in [4.69, 9.17) is 4.74 Å². The zero-order chi connectivity index (χ0) is 15.5. The molecule has 116 valence electrons. The summed E-state index contributed by atoms with van der Waals surface area (Å²) < 4.78 is 4.83. The van der Waals surface area contributed by atoms with Crippen molar-refractivity contribution in [3.8, 4) is 0 Å². The van der Waals surface area contributed by atoms with Crippen LogP contribution in [0.5, 0.6) is 0 Å². The van der Waals surface area contributed by atoms with Crippen LogP contribution in [0.1, 0.15) is 44.6 Å². The van der Waals surface area contributed by atoms with E-state index in [2.05, 4.69) is 5.32 Å². The van der Waals surface area contributed by atoms with Gasteiger partial charge in [-0.3, -0.25) is 4.79 Å². The summed E-state index contributed by atoms with van der Waals surface area (Å²) in [6.45, 7) is 2.04. The fourth-order valence-corrected chi connectivity index (χ4v) is 2.30. The molecule has 0 saturated heterocycles. The molecule has 1 amide bonds. The Hall–Kier alpha value is -1.84. The number of carbonyl (C=O) groups excluding carboxylic acids is 2. The van der Waals surface area contributed by atoms with Crippen LogP contribution < -0.4 is 5.32 Å². The molecule has 0 atom stereocenters. The number of hydrogen-bond donors (Lipinski definition) is 1. The van der Waals surface area contributed by atoms with E-state index in [1.54, 1.807) is 6.92 Å². The lowest BCUT2D eigenvalue weighted by atomic mass is 9.87. The molecule has 21 heavy (non-hydrogen) atoms. The van der Waals surface area contributed by atoms with E-state index < -0.39 is 6.09 Å². The Morgan fingerprint density at radius 3 is 2.24 bits per heavy atom. The number of hydrogen-bond acceptors (Lipinski definition) is 3. The number of ether oxygens (including phenoxy) is 1. The second-order valence-electron chi connectivity index (χ2n) is 5.26. The van der Waals surface area contributed by atoms with E-state index in [1.165, 1.54) is 26.3 Å². The van der Waals surface area contributed by atoms with Gasteiger partial charge in [0.2, 0.25) is 0 Å². The number of Topliss-reactive ketones (excluding diaryl/α,β-unsaturated/α-hetero) is 1. The van der Waals surface area contributed by atoms with Gasteiger partial charge in [0.05, 0.1) is 0 Å². The highest BCUT2D eigenvalue weighted by molar-refractivity contribution is 5.78. The summed E-state index contributed by atoms with van der Waals surface area (Å²) in [5.41, 5.74) is 0.987. The molecule has 1 fully saturated rings. The third kappa shape index (κ3) is 7.49. The molecule has 1 aromatic rings. The molecule has 0 aromatic heterocycles. The van der Waals surface area contributed by atoms with Crippen molar-refractivity contribution >= 4 is 11.9 Å². The molecule has 0 unspecified atom stereocenters. The molecule has 0 aliphatic heterocycles. The zero-order valence-electron chi connectivity index (χ0n) is 12.9. The summed E-state index contributed by atoms with van der Waals surface area (Å²) in [4.78, 5) is 21.5. The fourth-order valence-electron chi connectivity index (χ4n) is 2.30. The summed E-state index contributed by atoms with van der Waals surface area (Å²) in [6, 6.07) is 9.54. The van der Waals surface area contributed by atoms with Crippen molar-refractivity contribution in [3.05, 3.63) is 35.9 Å². The molecule has 2 rings (SSSR count). The summed E-state index contributed by atoms with van der Waals surface area (Å²) in [7, 11) is 1.54. The van der Waals surface area contributed by atoms with E-state index >= 15 is 0 Å². The maximum Gasteiger partial charge on any atom is 0.407 e. The maximum absolute atomic E-state index is 10.8. The molecule has 0 bridgehead atoms. The smallest absolute Gasteiger partial charge is 0.407 e. The number of alkyl carbamates (subject to hydrolysis) is 1. The molecule has 0 heterocycles. The number of ketones is 1. The minimum absolute atomic E-state index is 0.320. The molecule has 0 spiro atoms. The van der Waals surface area contributed by atoms with Gasteiger partial charge in [-0.25, -0.2) is 4.79 Å². The topological polar surface area (TPSA) is 55.4 Å². The van der Waals surface area contributed by atoms with Crippen molar-refractivity contribution in [3.63, 3.8) is 0 Å². The van der Waals surface area contributed by atoms with Crippen molar-refractivity contribution in [2.45, 2.75) is 45.6 Å². The normalized spacial score (nSPS) is 14.6. The van der Waals surface area contributed by atoms with Gasteiger partial charge in [0.15, 0.2) is 0 Å². The van der Waals surface area contributed by atoms with Crippen LogP contribution in [-0.4, -0.2) is 18.9 Å². The monoisotopic (exact) mass is 291 g/mol. The fraction of sp³-hybridized carbons (Fsp3) is 0.529. The van der Waals surface area contributed by atoms with Gasteiger partial charge in [-0.2, -0.15) is 0 Å². The number of nitrogens with one attached hydrogen (secondary N) is 1. The Balaban J connectivity index is 0.000000219. The lowest BCUT2D eigenvalue weighted by Gasteiger charge is -2.17. The first kappa shape index (κ1) is 17.2. The highest BCUT2D eigenvalue weighted by atomic mass is 16.5. The lowest BCUT2D eigenvalue weighted by molar-refractivity contribution is -0.121. The first-order valence-electron chi connectivity index (χ1n) is 7.52. The van der Waals surface area contributed by atoms with Gasteiger partial charge in [-0.05, 0) is 25.3 Å². The Kier molecular flexibility index (Phi) is 8.17. The maximum atomic E-state index is 10.8. The first-order valence-corrected chi connectivity index (χ1v) is 7.52. The minimum atomic E-state index is -0.404. The first-order chi connectivity index (χ1) is 10.1. The van der Waals surface area contributed by atoms with Crippen LogP contribution in [0.3, 0.4) is 0 Å².